The Morgan fingerprint density at radius 1 is 1.39 bits per heavy atom. The summed E-state index contributed by atoms with van der Waals surface area (Å²) < 4.78 is 13.5. The summed E-state index contributed by atoms with van der Waals surface area (Å²) in [7, 11) is 0. The fraction of sp³-hybridized carbons (Fsp3) is 0.500. The highest BCUT2D eigenvalue weighted by molar-refractivity contribution is 5.77. The molecule has 2 rings (SSSR count). The Bertz CT molecular complexity index is 416. The van der Waals surface area contributed by atoms with Gasteiger partial charge >= 0.3 is 0 Å². The molecule has 18 heavy (non-hydrogen) atoms. The SMILES string of the molecule is CCNC(=O)CNC1CC(c2ccccc2F)C1. The normalized spacial score (nSPS) is 22.3. The van der Waals surface area contributed by atoms with Gasteiger partial charge in [-0.3, -0.25) is 4.79 Å². The van der Waals surface area contributed by atoms with Crippen molar-refractivity contribution < 1.29 is 9.18 Å². The Balaban J connectivity index is 1.74. The number of hydrogen-bond donors (Lipinski definition) is 2. The van der Waals surface area contributed by atoms with Gasteiger partial charge in [0.2, 0.25) is 5.91 Å². The number of hydrogen-bond acceptors (Lipinski definition) is 2. The molecule has 1 aliphatic rings. The quantitative estimate of drug-likeness (QED) is 0.836. The van der Waals surface area contributed by atoms with Crippen molar-refractivity contribution in [2.45, 2.75) is 31.7 Å². The minimum atomic E-state index is -0.121. The topological polar surface area (TPSA) is 41.1 Å². The molecule has 0 atom stereocenters. The lowest BCUT2D eigenvalue weighted by Crippen LogP contribution is -2.45. The van der Waals surface area contributed by atoms with Gasteiger partial charge in [0, 0.05) is 12.6 Å². The van der Waals surface area contributed by atoms with Gasteiger partial charge < -0.3 is 10.6 Å². The summed E-state index contributed by atoms with van der Waals surface area (Å²) in [6, 6.07) is 7.26. The lowest BCUT2D eigenvalue weighted by Gasteiger charge is -2.36. The molecule has 0 aliphatic heterocycles. The molecule has 0 unspecified atom stereocenters. The van der Waals surface area contributed by atoms with Gasteiger partial charge in [0.25, 0.3) is 0 Å². The van der Waals surface area contributed by atoms with E-state index in [0.717, 1.165) is 18.4 Å². The van der Waals surface area contributed by atoms with Crippen LogP contribution in [0.3, 0.4) is 0 Å². The van der Waals surface area contributed by atoms with Crippen LogP contribution in [0.5, 0.6) is 0 Å². The van der Waals surface area contributed by atoms with Crippen molar-refractivity contribution in [2.75, 3.05) is 13.1 Å². The zero-order valence-electron chi connectivity index (χ0n) is 10.6. The van der Waals surface area contributed by atoms with E-state index < -0.39 is 0 Å². The Labute approximate surface area is 107 Å². The van der Waals surface area contributed by atoms with Gasteiger partial charge in [-0.15, -0.1) is 0 Å². The minimum absolute atomic E-state index is 0.0202. The van der Waals surface area contributed by atoms with Crippen LogP contribution in [0.2, 0.25) is 0 Å². The molecule has 1 aromatic rings. The van der Waals surface area contributed by atoms with Crippen LogP contribution in [0.25, 0.3) is 0 Å². The summed E-state index contributed by atoms with van der Waals surface area (Å²) in [6.45, 7) is 2.90. The van der Waals surface area contributed by atoms with E-state index in [0.29, 0.717) is 19.1 Å². The molecule has 1 fully saturated rings. The third-order valence-electron chi connectivity index (χ3n) is 3.41. The number of carbonyl (C=O) groups is 1. The smallest absolute Gasteiger partial charge is 0.233 e. The van der Waals surface area contributed by atoms with Crippen molar-refractivity contribution in [1.29, 1.82) is 0 Å². The number of benzene rings is 1. The average molecular weight is 250 g/mol. The molecular weight excluding hydrogens is 231 g/mol. The van der Waals surface area contributed by atoms with E-state index in [4.69, 9.17) is 0 Å². The van der Waals surface area contributed by atoms with E-state index in [-0.39, 0.29) is 17.6 Å². The van der Waals surface area contributed by atoms with Crippen molar-refractivity contribution in [2.24, 2.45) is 0 Å². The van der Waals surface area contributed by atoms with E-state index in [1.54, 1.807) is 6.07 Å². The Morgan fingerprint density at radius 3 is 2.78 bits per heavy atom. The van der Waals surface area contributed by atoms with Crippen molar-refractivity contribution in [3.05, 3.63) is 35.6 Å². The number of nitrogens with one attached hydrogen (secondary N) is 2. The molecule has 0 bridgehead atoms. The van der Waals surface area contributed by atoms with E-state index in [1.165, 1.54) is 6.07 Å². The van der Waals surface area contributed by atoms with Gasteiger partial charge in [-0.2, -0.15) is 0 Å². The highest BCUT2D eigenvalue weighted by Crippen LogP contribution is 2.37. The first-order valence-electron chi connectivity index (χ1n) is 6.45. The van der Waals surface area contributed by atoms with Gasteiger partial charge in [0.1, 0.15) is 5.82 Å². The lowest BCUT2D eigenvalue weighted by molar-refractivity contribution is -0.120. The highest BCUT2D eigenvalue weighted by atomic mass is 19.1. The number of likely N-dealkylation sites (N-methyl/N-ethyl adjacent to an activating group) is 1. The van der Waals surface area contributed by atoms with Crippen LogP contribution in [0.1, 0.15) is 31.2 Å². The summed E-state index contributed by atoms with van der Waals surface area (Å²) in [5, 5.41) is 5.93. The molecule has 0 radical (unpaired) electrons. The van der Waals surface area contributed by atoms with Crippen LogP contribution in [0, 0.1) is 5.82 Å². The monoisotopic (exact) mass is 250 g/mol. The first-order valence-corrected chi connectivity index (χ1v) is 6.45. The standard InChI is InChI=1S/C14H19FN2O/c1-2-16-14(18)9-17-11-7-10(8-11)12-5-3-4-6-13(12)15/h3-6,10-11,17H,2,7-9H2,1H3,(H,16,18). The van der Waals surface area contributed by atoms with Crippen molar-refractivity contribution in [3.63, 3.8) is 0 Å². The third-order valence-corrected chi connectivity index (χ3v) is 3.41. The summed E-state index contributed by atoms with van der Waals surface area (Å²) in [5.41, 5.74) is 0.800. The molecule has 3 nitrogen and oxygen atoms in total. The zero-order valence-corrected chi connectivity index (χ0v) is 10.6. The molecule has 0 spiro atoms. The summed E-state index contributed by atoms with van der Waals surface area (Å²) in [4.78, 5) is 11.3. The van der Waals surface area contributed by atoms with Crippen LogP contribution < -0.4 is 10.6 Å². The van der Waals surface area contributed by atoms with Crippen molar-refractivity contribution in [1.82, 2.24) is 10.6 Å². The molecule has 2 N–H and O–H groups in total. The van der Waals surface area contributed by atoms with Gasteiger partial charge in [0.15, 0.2) is 0 Å². The predicted molar refractivity (Wildman–Crippen MR) is 68.8 cm³/mol. The maximum absolute atomic E-state index is 13.5. The molecule has 98 valence electrons. The second-order valence-corrected chi connectivity index (χ2v) is 4.72. The number of amides is 1. The Kier molecular flexibility index (Phi) is 4.31. The van der Waals surface area contributed by atoms with Gasteiger partial charge in [-0.05, 0) is 37.3 Å². The van der Waals surface area contributed by atoms with Crippen molar-refractivity contribution >= 4 is 5.91 Å². The van der Waals surface area contributed by atoms with Crippen LogP contribution in [0.15, 0.2) is 24.3 Å². The summed E-state index contributed by atoms with van der Waals surface area (Å²) >= 11 is 0. The first-order chi connectivity index (χ1) is 8.70. The first kappa shape index (κ1) is 13.0. The summed E-state index contributed by atoms with van der Waals surface area (Å²) in [5.74, 6) is 0.189. The molecule has 0 saturated heterocycles. The van der Waals surface area contributed by atoms with E-state index in [2.05, 4.69) is 10.6 Å². The van der Waals surface area contributed by atoms with Gasteiger partial charge in [-0.1, -0.05) is 18.2 Å². The van der Waals surface area contributed by atoms with Crippen molar-refractivity contribution in [3.8, 4) is 0 Å². The zero-order chi connectivity index (χ0) is 13.0. The molecule has 0 heterocycles. The lowest BCUT2D eigenvalue weighted by atomic mass is 9.75. The molecule has 1 aliphatic carbocycles. The fourth-order valence-electron chi connectivity index (χ4n) is 2.34. The average Bonchev–Trinajstić information content (AvgIpc) is 2.29. The molecule has 0 aromatic heterocycles. The van der Waals surface area contributed by atoms with Gasteiger partial charge in [-0.25, -0.2) is 4.39 Å². The number of rotatable bonds is 5. The van der Waals surface area contributed by atoms with Crippen LogP contribution in [0.4, 0.5) is 4.39 Å². The molecular formula is C14H19FN2O. The fourth-order valence-corrected chi connectivity index (χ4v) is 2.34. The number of carbonyl (C=O) groups excluding carboxylic acids is 1. The summed E-state index contributed by atoms with van der Waals surface area (Å²) in [6.07, 6.45) is 1.81. The largest absolute Gasteiger partial charge is 0.355 e. The predicted octanol–water partition coefficient (Wildman–Crippen LogP) is 1.80. The van der Waals surface area contributed by atoms with Crippen LogP contribution >= 0.6 is 0 Å². The maximum Gasteiger partial charge on any atom is 0.233 e. The van der Waals surface area contributed by atoms with Crippen LogP contribution in [-0.2, 0) is 4.79 Å². The van der Waals surface area contributed by atoms with E-state index >= 15 is 0 Å². The molecule has 1 saturated carbocycles. The Hall–Kier alpha value is -1.42. The van der Waals surface area contributed by atoms with E-state index in [1.807, 2.05) is 19.1 Å². The minimum Gasteiger partial charge on any atom is -0.355 e. The molecule has 1 aromatic carbocycles. The second-order valence-electron chi connectivity index (χ2n) is 4.72. The van der Waals surface area contributed by atoms with Gasteiger partial charge in [0.05, 0.1) is 6.54 Å². The molecule has 1 amide bonds. The third kappa shape index (κ3) is 3.07. The highest BCUT2D eigenvalue weighted by Gasteiger charge is 2.31. The number of halogens is 1. The van der Waals surface area contributed by atoms with E-state index in [9.17, 15) is 9.18 Å². The maximum atomic E-state index is 13.5. The Morgan fingerprint density at radius 2 is 2.11 bits per heavy atom. The molecule has 4 heteroatoms. The van der Waals surface area contributed by atoms with Crippen LogP contribution in [-0.4, -0.2) is 25.0 Å². The second kappa shape index (κ2) is 5.96.